The maximum atomic E-state index is 12.9. The number of nitrogens with one attached hydrogen (secondary N) is 1. The zero-order chi connectivity index (χ0) is 21.0. The largest absolute Gasteiger partial charge is 0.492 e. The number of hydrogen-bond donors (Lipinski definition) is 1. The summed E-state index contributed by atoms with van der Waals surface area (Å²) in [5, 5.41) is 2.95. The molecule has 8 nitrogen and oxygen atoms in total. The Morgan fingerprint density at radius 1 is 1.21 bits per heavy atom. The summed E-state index contributed by atoms with van der Waals surface area (Å²) < 4.78 is 42.7. The van der Waals surface area contributed by atoms with Crippen LogP contribution >= 0.6 is 11.6 Å². The smallest absolute Gasteiger partial charge is 0.247 e. The van der Waals surface area contributed by atoms with Crippen molar-refractivity contribution < 1.29 is 27.4 Å². The van der Waals surface area contributed by atoms with Crippen LogP contribution in [0.2, 0.25) is 5.02 Å². The minimum atomic E-state index is -3.97. The lowest BCUT2D eigenvalue weighted by Gasteiger charge is -2.19. The Labute approximate surface area is 174 Å². The van der Waals surface area contributed by atoms with Crippen LogP contribution in [0, 0.1) is 0 Å². The highest BCUT2D eigenvalue weighted by molar-refractivity contribution is 7.89. The second kappa shape index (κ2) is 8.89. The van der Waals surface area contributed by atoms with Crippen molar-refractivity contribution in [2.45, 2.75) is 18.4 Å². The highest BCUT2D eigenvalue weighted by atomic mass is 35.5. The quantitative estimate of drug-likeness (QED) is 0.677. The Balaban J connectivity index is 1.65. The van der Waals surface area contributed by atoms with Crippen molar-refractivity contribution in [3.8, 4) is 17.2 Å². The Morgan fingerprint density at radius 2 is 1.97 bits per heavy atom. The Kier molecular flexibility index (Phi) is 6.51. The summed E-state index contributed by atoms with van der Waals surface area (Å²) in [5.74, 6) is 0.997. The number of benzene rings is 2. The van der Waals surface area contributed by atoms with E-state index in [0.29, 0.717) is 18.1 Å². The van der Waals surface area contributed by atoms with Crippen molar-refractivity contribution in [2.24, 2.45) is 0 Å². The number of carbonyl (C=O) groups excluding carboxylic acids is 1. The number of ether oxygens (including phenoxy) is 3. The molecule has 0 bridgehead atoms. The van der Waals surface area contributed by atoms with Gasteiger partial charge in [0.25, 0.3) is 0 Å². The molecule has 1 aliphatic rings. The number of rotatable bonds is 8. The second-order valence-corrected chi connectivity index (χ2v) is 8.70. The third-order valence-corrected chi connectivity index (χ3v) is 6.25. The fourth-order valence-corrected chi connectivity index (χ4v) is 4.24. The van der Waals surface area contributed by atoms with E-state index in [4.69, 9.17) is 25.8 Å². The van der Waals surface area contributed by atoms with Crippen molar-refractivity contribution in [3.63, 3.8) is 0 Å². The molecule has 0 aromatic heterocycles. The van der Waals surface area contributed by atoms with E-state index in [1.165, 1.54) is 19.2 Å². The van der Waals surface area contributed by atoms with Gasteiger partial charge in [-0.3, -0.25) is 4.79 Å². The van der Waals surface area contributed by atoms with Gasteiger partial charge in [0.15, 0.2) is 11.5 Å². The van der Waals surface area contributed by atoms with Gasteiger partial charge in [0.1, 0.15) is 10.6 Å². The van der Waals surface area contributed by atoms with Crippen LogP contribution in [0.1, 0.15) is 12.5 Å². The normalized spacial score (nSPS) is 12.8. The molecule has 1 aliphatic heterocycles. The summed E-state index contributed by atoms with van der Waals surface area (Å²) in [4.78, 5) is 12.2. The standard InChI is InChI=1S/C19H21ClN2O6S/c1-3-26-16-7-5-14(20)9-18(16)29(24,25)22(2)11-19(23)21-10-13-4-6-15-17(8-13)28-12-27-15/h4-9H,3,10-12H2,1-2H3,(H,21,23). The zero-order valence-electron chi connectivity index (χ0n) is 16.0. The average Bonchev–Trinajstić information content (AvgIpc) is 3.15. The van der Waals surface area contributed by atoms with E-state index >= 15 is 0 Å². The van der Waals surface area contributed by atoms with Gasteiger partial charge in [-0.2, -0.15) is 4.31 Å². The molecule has 0 saturated carbocycles. The van der Waals surface area contributed by atoms with E-state index in [1.807, 2.05) is 0 Å². The molecule has 0 fully saturated rings. The first-order chi connectivity index (χ1) is 13.8. The number of sulfonamides is 1. The van der Waals surface area contributed by atoms with Gasteiger partial charge in [-0.05, 0) is 42.8 Å². The van der Waals surface area contributed by atoms with E-state index in [1.54, 1.807) is 31.2 Å². The third kappa shape index (κ3) is 4.92. The summed E-state index contributed by atoms with van der Waals surface area (Å²) >= 11 is 5.95. The first kappa shape index (κ1) is 21.2. The van der Waals surface area contributed by atoms with E-state index in [2.05, 4.69) is 5.32 Å². The molecule has 0 spiro atoms. The van der Waals surface area contributed by atoms with Crippen LogP contribution in [0.25, 0.3) is 0 Å². The zero-order valence-corrected chi connectivity index (χ0v) is 17.5. The third-order valence-electron chi connectivity index (χ3n) is 4.19. The van der Waals surface area contributed by atoms with E-state index in [9.17, 15) is 13.2 Å². The summed E-state index contributed by atoms with van der Waals surface area (Å²) in [7, 11) is -2.65. The predicted molar refractivity (Wildman–Crippen MR) is 107 cm³/mol. The lowest BCUT2D eigenvalue weighted by atomic mass is 10.2. The van der Waals surface area contributed by atoms with Gasteiger partial charge in [-0.1, -0.05) is 17.7 Å². The molecule has 3 rings (SSSR count). The van der Waals surface area contributed by atoms with Crippen LogP contribution in [0.15, 0.2) is 41.3 Å². The van der Waals surface area contributed by atoms with Gasteiger partial charge in [-0.15, -0.1) is 0 Å². The molecule has 156 valence electrons. The van der Waals surface area contributed by atoms with Gasteiger partial charge in [0, 0.05) is 18.6 Å². The van der Waals surface area contributed by atoms with Gasteiger partial charge in [0.05, 0.1) is 13.2 Å². The van der Waals surface area contributed by atoms with Crippen molar-refractivity contribution in [1.29, 1.82) is 0 Å². The second-order valence-electron chi connectivity index (χ2n) is 6.25. The highest BCUT2D eigenvalue weighted by Crippen LogP contribution is 2.32. The summed E-state index contributed by atoms with van der Waals surface area (Å²) in [6, 6.07) is 9.67. The molecular weight excluding hydrogens is 420 g/mol. The van der Waals surface area contributed by atoms with Crippen molar-refractivity contribution >= 4 is 27.5 Å². The molecule has 29 heavy (non-hydrogen) atoms. The van der Waals surface area contributed by atoms with Crippen molar-refractivity contribution in [1.82, 2.24) is 9.62 Å². The number of likely N-dealkylation sites (N-methyl/N-ethyl adjacent to an activating group) is 1. The van der Waals surface area contributed by atoms with Gasteiger partial charge >= 0.3 is 0 Å². The number of carbonyl (C=O) groups is 1. The van der Waals surface area contributed by atoms with Crippen LogP contribution < -0.4 is 19.5 Å². The van der Waals surface area contributed by atoms with Gasteiger partial charge in [0.2, 0.25) is 22.7 Å². The van der Waals surface area contributed by atoms with E-state index in [0.717, 1.165) is 9.87 Å². The maximum absolute atomic E-state index is 12.9. The number of halogens is 1. The average molecular weight is 441 g/mol. The minimum absolute atomic E-state index is 0.0853. The molecule has 0 unspecified atom stereocenters. The number of fused-ring (bicyclic) bond motifs is 1. The number of amides is 1. The fourth-order valence-electron chi connectivity index (χ4n) is 2.72. The molecule has 0 radical (unpaired) electrons. The minimum Gasteiger partial charge on any atom is -0.492 e. The molecule has 2 aromatic carbocycles. The topological polar surface area (TPSA) is 94.2 Å². The first-order valence-electron chi connectivity index (χ1n) is 8.85. The molecule has 1 heterocycles. The number of hydrogen-bond acceptors (Lipinski definition) is 6. The molecular formula is C19H21ClN2O6S. The van der Waals surface area contributed by atoms with E-state index in [-0.39, 0.29) is 35.6 Å². The first-order valence-corrected chi connectivity index (χ1v) is 10.7. The van der Waals surface area contributed by atoms with Crippen molar-refractivity contribution in [3.05, 3.63) is 47.0 Å². The van der Waals surface area contributed by atoms with Crippen LogP contribution in [-0.2, 0) is 21.4 Å². The molecule has 2 aromatic rings. The monoisotopic (exact) mass is 440 g/mol. The summed E-state index contributed by atoms with van der Waals surface area (Å²) in [5.41, 5.74) is 0.807. The highest BCUT2D eigenvalue weighted by Gasteiger charge is 2.27. The van der Waals surface area contributed by atoms with Crippen LogP contribution in [-0.4, -0.2) is 45.6 Å². The van der Waals surface area contributed by atoms with E-state index < -0.39 is 15.9 Å². The molecule has 0 aliphatic carbocycles. The van der Waals surface area contributed by atoms with Crippen LogP contribution in [0.5, 0.6) is 17.2 Å². The van der Waals surface area contributed by atoms with Gasteiger partial charge in [-0.25, -0.2) is 8.42 Å². The molecule has 1 N–H and O–H groups in total. The van der Waals surface area contributed by atoms with Crippen LogP contribution in [0.4, 0.5) is 0 Å². The Bertz CT molecular complexity index is 1010. The van der Waals surface area contributed by atoms with Crippen molar-refractivity contribution in [2.75, 3.05) is 27.0 Å². The Morgan fingerprint density at radius 3 is 2.72 bits per heavy atom. The number of nitrogens with zero attached hydrogens (tertiary/aromatic N) is 1. The molecule has 1 amide bonds. The lowest BCUT2D eigenvalue weighted by molar-refractivity contribution is -0.121. The molecule has 0 saturated heterocycles. The molecule has 0 atom stereocenters. The Hall–Kier alpha value is -2.49. The predicted octanol–water partition coefficient (Wildman–Crippen LogP) is 2.40. The lowest BCUT2D eigenvalue weighted by Crippen LogP contribution is -2.38. The van der Waals surface area contributed by atoms with Gasteiger partial charge < -0.3 is 19.5 Å². The van der Waals surface area contributed by atoms with Crippen LogP contribution in [0.3, 0.4) is 0 Å². The summed E-state index contributed by atoms with van der Waals surface area (Å²) in [6.45, 7) is 2.08. The maximum Gasteiger partial charge on any atom is 0.247 e. The molecule has 10 heteroatoms. The SMILES string of the molecule is CCOc1ccc(Cl)cc1S(=O)(=O)N(C)CC(=O)NCc1ccc2c(c1)OCO2. The summed E-state index contributed by atoms with van der Waals surface area (Å²) in [6.07, 6.45) is 0. The fraction of sp³-hybridized carbons (Fsp3) is 0.316.